The second-order valence-corrected chi connectivity index (χ2v) is 6.70. The van der Waals surface area contributed by atoms with Crippen molar-refractivity contribution in [2.24, 2.45) is 0 Å². The zero-order valence-corrected chi connectivity index (χ0v) is 14.2. The predicted octanol–water partition coefficient (Wildman–Crippen LogP) is 5.56. The molecule has 0 saturated carbocycles. The van der Waals surface area contributed by atoms with Crippen LogP contribution >= 0.6 is 15.9 Å². The van der Waals surface area contributed by atoms with E-state index in [1.807, 2.05) is 12.1 Å². The van der Waals surface area contributed by atoms with Crippen LogP contribution in [0, 0.1) is 5.82 Å². The van der Waals surface area contributed by atoms with Gasteiger partial charge in [-0.15, -0.1) is 0 Å². The average Bonchev–Trinajstić information content (AvgIpc) is 2.46. The molecule has 0 aliphatic carbocycles. The number of hydrogen-bond acceptors (Lipinski definition) is 1. The predicted molar refractivity (Wildman–Crippen MR) is 89.7 cm³/mol. The zero-order chi connectivity index (χ0) is 15.5. The number of hydrogen-bond donors (Lipinski definition) is 1. The lowest BCUT2D eigenvalue weighted by Gasteiger charge is -2.32. The quantitative estimate of drug-likeness (QED) is 0.744. The molecule has 2 aromatic carbocycles. The van der Waals surface area contributed by atoms with Crippen LogP contribution in [0.4, 0.5) is 4.39 Å². The highest BCUT2D eigenvalue weighted by atomic mass is 79.9. The van der Waals surface area contributed by atoms with Crippen LogP contribution in [-0.2, 0) is 5.54 Å². The van der Waals surface area contributed by atoms with E-state index in [0.717, 1.165) is 16.5 Å². The Morgan fingerprint density at radius 2 is 1.62 bits per heavy atom. The standard InChI is InChI=1S/C18H21BrFN/c1-4-17(13-5-11-16(20)12-6-13)21-18(2,3)14-7-9-15(19)10-8-14/h5-12,17,21H,4H2,1-3H3. The minimum absolute atomic E-state index is 0.157. The van der Waals surface area contributed by atoms with Gasteiger partial charge in [-0.05, 0) is 55.7 Å². The van der Waals surface area contributed by atoms with E-state index >= 15 is 0 Å². The smallest absolute Gasteiger partial charge is 0.123 e. The molecular weight excluding hydrogens is 329 g/mol. The van der Waals surface area contributed by atoms with Gasteiger partial charge in [0.1, 0.15) is 5.82 Å². The molecule has 0 aliphatic rings. The molecule has 1 N–H and O–H groups in total. The SMILES string of the molecule is CCC(NC(C)(C)c1ccc(Br)cc1)c1ccc(F)cc1. The maximum absolute atomic E-state index is 13.1. The molecule has 0 fully saturated rings. The number of nitrogens with one attached hydrogen (secondary N) is 1. The minimum atomic E-state index is -0.194. The van der Waals surface area contributed by atoms with E-state index in [4.69, 9.17) is 0 Å². The highest BCUT2D eigenvalue weighted by molar-refractivity contribution is 9.10. The van der Waals surface area contributed by atoms with E-state index in [9.17, 15) is 4.39 Å². The third-order valence-corrected chi connectivity index (χ3v) is 4.31. The summed E-state index contributed by atoms with van der Waals surface area (Å²) < 4.78 is 14.1. The van der Waals surface area contributed by atoms with E-state index in [0.29, 0.717) is 0 Å². The van der Waals surface area contributed by atoms with Gasteiger partial charge in [0, 0.05) is 16.1 Å². The summed E-state index contributed by atoms with van der Waals surface area (Å²) in [6.07, 6.45) is 0.950. The maximum Gasteiger partial charge on any atom is 0.123 e. The van der Waals surface area contributed by atoms with Crippen LogP contribution in [0.5, 0.6) is 0 Å². The Balaban J connectivity index is 2.20. The summed E-state index contributed by atoms with van der Waals surface area (Å²) in [6.45, 7) is 6.48. The van der Waals surface area contributed by atoms with Gasteiger partial charge in [-0.25, -0.2) is 4.39 Å². The molecule has 3 heteroatoms. The first kappa shape index (κ1) is 16.2. The fourth-order valence-corrected chi connectivity index (χ4v) is 2.77. The molecular formula is C18H21BrFN. The van der Waals surface area contributed by atoms with E-state index in [2.05, 4.69) is 66.3 Å². The molecule has 1 atom stereocenters. The second kappa shape index (κ2) is 6.71. The summed E-state index contributed by atoms with van der Waals surface area (Å²) in [5.41, 5.74) is 2.19. The van der Waals surface area contributed by atoms with Crippen LogP contribution in [-0.4, -0.2) is 0 Å². The van der Waals surface area contributed by atoms with E-state index in [-0.39, 0.29) is 17.4 Å². The first-order chi connectivity index (χ1) is 9.92. The first-order valence-electron chi connectivity index (χ1n) is 7.21. The Morgan fingerprint density at radius 3 is 2.14 bits per heavy atom. The van der Waals surface area contributed by atoms with Crippen molar-refractivity contribution in [3.05, 3.63) is 69.9 Å². The summed E-state index contributed by atoms with van der Waals surface area (Å²) in [6, 6.07) is 15.3. The van der Waals surface area contributed by atoms with Crippen LogP contribution in [0.15, 0.2) is 53.0 Å². The highest BCUT2D eigenvalue weighted by Crippen LogP contribution is 2.27. The average molecular weight is 350 g/mol. The van der Waals surface area contributed by atoms with Gasteiger partial charge in [0.15, 0.2) is 0 Å². The van der Waals surface area contributed by atoms with Gasteiger partial charge in [-0.3, -0.25) is 0 Å². The fourth-order valence-electron chi connectivity index (χ4n) is 2.50. The summed E-state index contributed by atoms with van der Waals surface area (Å²) in [4.78, 5) is 0. The Kier molecular flexibility index (Phi) is 5.17. The zero-order valence-electron chi connectivity index (χ0n) is 12.7. The molecule has 112 valence electrons. The molecule has 0 spiro atoms. The van der Waals surface area contributed by atoms with Gasteiger partial charge in [0.05, 0.1) is 0 Å². The summed E-state index contributed by atoms with van der Waals surface area (Å²) in [5, 5.41) is 3.68. The second-order valence-electron chi connectivity index (χ2n) is 5.79. The molecule has 0 amide bonds. The lowest BCUT2D eigenvalue weighted by atomic mass is 9.91. The maximum atomic E-state index is 13.1. The molecule has 1 nitrogen and oxygen atoms in total. The Labute approximate surface area is 134 Å². The van der Waals surface area contributed by atoms with Crippen molar-refractivity contribution < 1.29 is 4.39 Å². The monoisotopic (exact) mass is 349 g/mol. The summed E-state index contributed by atoms with van der Waals surface area (Å²) in [7, 11) is 0. The first-order valence-corrected chi connectivity index (χ1v) is 8.01. The number of benzene rings is 2. The fraction of sp³-hybridized carbons (Fsp3) is 0.333. The minimum Gasteiger partial charge on any atom is -0.301 e. The number of rotatable bonds is 5. The van der Waals surface area contributed by atoms with E-state index in [1.165, 1.54) is 17.7 Å². The third-order valence-electron chi connectivity index (χ3n) is 3.78. The van der Waals surface area contributed by atoms with Gasteiger partial charge in [-0.1, -0.05) is 47.1 Å². The lowest BCUT2D eigenvalue weighted by Crippen LogP contribution is -2.39. The highest BCUT2D eigenvalue weighted by Gasteiger charge is 2.24. The van der Waals surface area contributed by atoms with Gasteiger partial charge in [0.25, 0.3) is 0 Å². The Hall–Kier alpha value is -1.19. The van der Waals surface area contributed by atoms with E-state index in [1.54, 1.807) is 0 Å². The molecule has 0 aromatic heterocycles. The van der Waals surface area contributed by atoms with Crippen molar-refractivity contribution in [1.29, 1.82) is 0 Å². The summed E-state index contributed by atoms with van der Waals surface area (Å²) in [5.74, 6) is -0.194. The van der Waals surface area contributed by atoms with Crippen LogP contribution in [0.1, 0.15) is 44.4 Å². The normalized spacial score (nSPS) is 13.2. The molecule has 2 aromatic rings. The largest absolute Gasteiger partial charge is 0.301 e. The number of halogens is 2. The lowest BCUT2D eigenvalue weighted by molar-refractivity contribution is 0.338. The van der Waals surface area contributed by atoms with Crippen LogP contribution in [0.3, 0.4) is 0 Å². The van der Waals surface area contributed by atoms with Crippen molar-refractivity contribution in [3.8, 4) is 0 Å². The molecule has 0 radical (unpaired) electrons. The van der Waals surface area contributed by atoms with Crippen molar-refractivity contribution in [2.45, 2.75) is 38.8 Å². The molecule has 1 unspecified atom stereocenters. The third kappa shape index (κ3) is 4.14. The molecule has 0 bridgehead atoms. The Morgan fingerprint density at radius 1 is 1.05 bits per heavy atom. The van der Waals surface area contributed by atoms with Crippen molar-refractivity contribution in [2.75, 3.05) is 0 Å². The van der Waals surface area contributed by atoms with Crippen LogP contribution in [0.25, 0.3) is 0 Å². The van der Waals surface area contributed by atoms with Crippen molar-refractivity contribution in [1.82, 2.24) is 5.32 Å². The van der Waals surface area contributed by atoms with Gasteiger partial charge in [0.2, 0.25) is 0 Å². The topological polar surface area (TPSA) is 12.0 Å². The molecule has 0 saturated heterocycles. The van der Waals surface area contributed by atoms with Gasteiger partial charge >= 0.3 is 0 Å². The van der Waals surface area contributed by atoms with Gasteiger partial charge in [-0.2, -0.15) is 0 Å². The molecule has 2 rings (SSSR count). The molecule has 21 heavy (non-hydrogen) atoms. The molecule has 0 aliphatic heterocycles. The van der Waals surface area contributed by atoms with E-state index < -0.39 is 0 Å². The van der Waals surface area contributed by atoms with Crippen molar-refractivity contribution >= 4 is 15.9 Å². The van der Waals surface area contributed by atoms with Crippen molar-refractivity contribution in [3.63, 3.8) is 0 Å². The Bertz CT molecular complexity index is 575. The van der Waals surface area contributed by atoms with Gasteiger partial charge < -0.3 is 5.32 Å². The summed E-state index contributed by atoms with van der Waals surface area (Å²) >= 11 is 3.46. The van der Waals surface area contributed by atoms with Crippen LogP contribution in [0.2, 0.25) is 0 Å². The molecule has 0 heterocycles. The van der Waals surface area contributed by atoms with Crippen LogP contribution < -0.4 is 5.32 Å².